The van der Waals surface area contributed by atoms with Crippen molar-refractivity contribution in [1.82, 2.24) is 25.2 Å². The number of carboxylic acid groups (broad SMARTS) is 1. The Morgan fingerprint density at radius 2 is 1.64 bits per heavy atom. The van der Waals surface area contributed by atoms with Gasteiger partial charge >= 0.3 is 11.9 Å². The smallest absolute Gasteiger partial charge is 0.321 e. The molecule has 0 amide bonds. The second-order valence-corrected chi connectivity index (χ2v) is 8.18. The molecule has 0 aliphatic carbocycles. The summed E-state index contributed by atoms with van der Waals surface area (Å²) in [7, 11) is 0. The molecule has 0 spiro atoms. The minimum atomic E-state index is -4.27. The van der Waals surface area contributed by atoms with Crippen molar-refractivity contribution >= 4 is 18.4 Å². The van der Waals surface area contributed by atoms with Gasteiger partial charge in [-0.3, -0.25) is 9.78 Å². The SMILES string of the molecule is Cl.NC(C(=O)O)C(Cn1cnnn1)(c1ccc(F)cc1F)C(F)(F)c1ccc(C#Cc2ccc(F)cc2)cn1. The third-order valence-electron chi connectivity index (χ3n) is 5.85. The number of carboxylic acids is 1. The van der Waals surface area contributed by atoms with E-state index in [1.807, 2.05) is 0 Å². The number of hydrogen-bond donors (Lipinski definition) is 2. The summed E-state index contributed by atoms with van der Waals surface area (Å²) >= 11 is 0. The molecule has 4 aromatic rings. The molecule has 8 nitrogen and oxygen atoms in total. The van der Waals surface area contributed by atoms with Gasteiger partial charge < -0.3 is 10.8 Å². The van der Waals surface area contributed by atoms with Gasteiger partial charge in [-0.15, -0.1) is 17.5 Å². The lowest BCUT2D eigenvalue weighted by Gasteiger charge is -2.42. The van der Waals surface area contributed by atoms with Crippen LogP contribution in [0.2, 0.25) is 0 Å². The van der Waals surface area contributed by atoms with Crippen LogP contribution in [0.1, 0.15) is 22.4 Å². The van der Waals surface area contributed by atoms with E-state index in [1.54, 1.807) is 0 Å². The van der Waals surface area contributed by atoms with Gasteiger partial charge in [-0.25, -0.2) is 17.9 Å². The quantitative estimate of drug-likeness (QED) is 0.261. The number of carbonyl (C=O) groups is 1. The predicted octanol–water partition coefficient (Wildman–Crippen LogP) is 3.45. The normalized spacial score (nSPS) is 13.4. The fraction of sp³-hybridized carbons (Fsp3) is 0.160. The average molecular weight is 565 g/mol. The predicted molar refractivity (Wildman–Crippen MR) is 129 cm³/mol. The summed E-state index contributed by atoms with van der Waals surface area (Å²) in [6.45, 7) is -1.00. The first-order valence-electron chi connectivity index (χ1n) is 10.8. The standard InChI is InChI=1S/C25H17F5N6O2.ClH/c26-17-6-3-15(4-7-17)1-2-16-5-10-21(32-12-16)25(29,30)24(22(31)23(37)38,13-36-14-33-34-35-36)19-9-8-18(27)11-20(19)28;/h3-12,14,22H,13,31H2,(H,37,38);1H. The molecule has 0 saturated carbocycles. The molecule has 0 aliphatic rings. The molecule has 2 aromatic heterocycles. The molecule has 0 aliphatic heterocycles. The van der Waals surface area contributed by atoms with Crippen LogP contribution in [0.15, 0.2) is 67.1 Å². The fourth-order valence-corrected chi connectivity index (χ4v) is 3.94. The molecule has 3 N–H and O–H groups in total. The highest BCUT2D eigenvalue weighted by atomic mass is 35.5. The summed E-state index contributed by atoms with van der Waals surface area (Å²) in [4.78, 5) is 15.8. The Bertz CT molecular complexity index is 1510. The minimum absolute atomic E-state index is 0. The van der Waals surface area contributed by atoms with Gasteiger partial charge in [0.2, 0.25) is 0 Å². The molecule has 2 heterocycles. The van der Waals surface area contributed by atoms with Crippen LogP contribution in [-0.2, 0) is 22.7 Å². The highest BCUT2D eigenvalue weighted by molar-refractivity contribution is 5.85. The van der Waals surface area contributed by atoms with Gasteiger partial charge in [0.1, 0.15) is 40.9 Å². The topological polar surface area (TPSA) is 120 Å². The van der Waals surface area contributed by atoms with Crippen molar-refractivity contribution in [2.24, 2.45) is 5.73 Å². The van der Waals surface area contributed by atoms with Crippen LogP contribution in [0.4, 0.5) is 22.0 Å². The molecule has 0 radical (unpaired) electrons. The van der Waals surface area contributed by atoms with E-state index in [0.717, 1.165) is 23.3 Å². The average Bonchev–Trinajstić information content (AvgIpc) is 3.40. The van der Waals surface area contributed by atoms with Gasteiger partial charge in [0.15, 0.2) is 0 Å². The van der Waals surface area contributed by atoms with Gasteiger partial charge in [-0.1, -0.05) is 17.9 Å². The third kappa shape index (κ3) is 5.71. The first-order valence-corrected chi connectivity index (χ1v) is 10.8. The van der Waals surface area contributed by atoms with Crippen molar-refractivity contribution in [3.63, 3.8) is 0 Å². The Hall–Kier alpha value is -4.41. The molecule has 0 fully saturated rings. The second-order valence-electron chi connectivity index (χ2n) is 8.18. The maximum Gasteiger partial charge on any atom is 0.321 e. The monoisotopic (exact) mass is 564 g/mol. The highest BCUT2D eigenvalue weighted by Gasteiger charge is 2.63. The number of aromatic nitrogens is 5. The molecule has 2 atom stereocenters. The van der Waals surface area contributed by atoms with Crippen LogP contribution in [0.25, 0.3) is 0 Å². The van der Waals surface area contributed by atoms with Crippen LogP contribution in [0.5, 0.6) is 0 Å². The van der Waals surface area contributed by atoms with E-state index in [0.29, 0.717) is 23.8 Å². The van der Waals surface area contributed by atoms with Crippen LogP contribution < -0.4 is 5.73 Å². The summed E-state index contributed by atoms with van der Waals surface area (Å²) < 4.78 is 75.5. The maximum atomic E-state index is 16.4. The number of benzene rings is 2. The zero-order chi connectivity index (χ0) is 27.5. The Balaban J connectivity index is 0.00000420. The molecule has 0 saturated heterocycles. The van der Waals surface area contributed by atoms with Crippen molar-refractivity contribution in [3.8, 4) is 11.8 Å². The fourth-order valence-electron chi connectivity index (χ4n) is 3.94. The van der Waals surface area contributed by atoms with E-state index in [1.165, 1.54) is 30.3 Å². The molecular formula is C25H18ClF5N6O2. The molecular weight excluding hydrogens is 547 g/mol. The van der Waals surface area contributed by atoms with E-state index < -0.39 is 58.6 Å². The van der Waals surface area contributed by atoms with Crippen molar-refractivity contribution < 1.29 is 31.9 Å². The van der Waals surface area contributed by atoms with Crippen LogP contribution in [0.3, 0.4) is 0 Å². The second kappa shape index (κ2) is 11.5. The Morgan fingerprint density at radius 1 is 1.00 bits per heavy atom. The Labute approximate surface area is 224 Å². The van der Waals surface area contributed by atoms with Gasteiger partial charge in [-0.2, -0.15) is 8.78 Å². The summed E-state index contributed by atoms with van der Waals surface area (Å²) in [5, 5.41) is 19.9. The first-order chi connectivity index (χ1) is 18.0. The molecule has 2 unspecified atom stereocenters. The molecule has 2 aromatic carbocycles. The number of tetrazole rings is 1. The number of nitrogens with zero attached hydrogens (tertiary/aromatic N) is 5. The van der Waals surface area contributed by atoms with E-state index in [-0.39, 0.29) is 18.0 Å². The molecule has 0 bridgehead atoms. The zero-order valence-electron chi connectivity index (χ0n) is 19.6. The number of hydrogen-bond acceptors (Lipinski definition) is 6. The van der Waals surface area contributed by atoms with Crippen molar-refractivity contribution in [1.29, 1.82) is 0 Å². The molecule has 39 heavy (non-hydrogen) atoms. The highest BCUT2D eigenvalue weighted by Crippen LogP contribution is 2.50. The number of aliphatic carboxylic acids is 1. The number of halogens is 6. The van der Waals surface area contributed by atoms with Crippen molar-refractivity contribution in [2.45, 2.75) is 23.9 Å². The van der Waals surface area contributed by atoms with Crippen LogP contribution in [0, 0.1) is 29.3 Å². The molecule has 4 rings (SSSR count). The summed E-state index contributed by atoms with van der Waals surface area (Å²) in [6.07, 6.45) is 1.93. The summed E-state index contributed by atoms with van der Waals surface area (Å²) in [5.74, 6) is -3.71. The number of nitrogens with two attached hydrogens (primary N) is 1. The molecule has 202 valence electrons. The summed E-state index contributed by atoms with van der Waals surface area (Å²) in [6, 6.07) is 6.67. The van der Waals surface area contributed by atoms with Gasteiger partial charge in [0.25, 0.3) is 0 Å². The number of rotatable bonds is 7. The number of alkyl halides is 2. The van der Waals surface area contributed by atoms with Crippen molar-refractivity contribution in [2.75, 3.05) is 0 Å². The number of pyridine rings is 1. The lowest BCUT2D eigenvalue weighted by molar-refractivity contribution is -0.154. The Kier molecular flexibility index (Phi) is 8.63. The van der Waals surface area contributed by atoms with Crippen LogP contribution in [-0.4, -0.2) is 42.3 Å². The lowest BCUT2D eigenvalue weighted by Crippen LogP contribution is -2.62. The van der Waals surface area contributed by atoms with E-state index >= 15 is 13.2 Å². The van der Waals surface area contributed by atoms with Crippen molar-refractivity contribution in [3.05, 3.63) is 107 Å². The lowest BCUT2D eigenvalue weighted by atomic mass is 9.67. The van der Waals surface area contributed by atoms with Gasteiger partial charge in [-0.05, 0) is 52.9 Å². The third-order valence-corrected chi connectivity index (χ3v) is 5.85. The van der Waals surface area contributed by atoms with Gasteiger partial charge in [0, 0.05) is 29.0 Å². The molecule has 14 heteroatoms. The summed E-state index contributed by atoms with van der Waals surface area (Å²) in [5.41, 5.74) is 1.58. The minimum Gasteiger partial charge on any atom is -0.480 e. The Morgan fingerprint density at radius 3 is 2.21 bits per heavy atom. The maximum absolute atomic E-state index is 16.4. The van der Waals surface area contributed by atoms with E-state index in [2.05, 4.69) is 32.4 Å². The van der Waals surface area contributed by atoms with E-state index in [4.69, 9.17) is 5.73 Å². The van der Waals surface area contributed by atoms with E-state index in [9.17, 15) is 18.7 Å². The largest absolute Gasteiger partial charge is 0.480 e. The van der Waals surface area contributed by atoms with Gasteiger partial charge in [0.05, 0.1) is 6.54 Å². The zero-order valence-corrected chi connectivity index (χ0v) is 20.4. The van der Waals surface area contributed by atoms with Crippen LogP contribution >= 0.6 is 12.4 Å². The first kappa shape index (κ1) is 29.2.